The zero-order valence-corrected chi connectivity index (χ0v) is 5.24. The Morgan fingerprint density at radius 1 is 1.50 bits per heavy atom. The van der Waals surface area contributed by atoms with Gasteiger partial charge in [-0.15, -0.1) is 4.48 Å². The van der Waals surface area contributed by atoms with Crippen LogP contribution in [0.2, 0.25) is 0 Å². The highest BCUT2D eigenvalue weighted by Crippen LogP contribution is 2.20. The third kappa shape index (κ3) is 0.703. The van der Waals surface area contributed by atoms with Gasteiger partial charge in [0.2, 0.25) is 0 Å². The van der Waals surface area contributed by atoms with Crippen LogP contribution in [-0.4, -0.2) is 11.7 Å². The van der Waals surface area contributed by atoms with E-state index in [9.17, 15) is 4.48 Å². The minimum atomic E-state index is 0.553. The van der Waals surface area contributed by atoms with Gasteiger partial charge in [0.05, 0.1) is 6.54 Å². The van der Waals surface area contributed by atoms with Crippen LogP contribution >= 0.6 is 0 Å². The Bertz CT molecular complexity index is 128. The Morgan fingerprint density at radius 2 is 2.12 bits per heavy atom. The Balaban J connectivity index is 2.71. The van der Waals surface area contributed by atoms with Gasteiger partial charge in [-0.25, -0.2) is 5.12 Å². The third-order valence-corrected chi connectivity index (χ3v) is 1.66. The number of hydrogen-bond donors (Lipinski definition) is 0. The van der Waals surface area contributed by atoms with E-state index in [0.717, 1.165) is 17.2 Å². The molecule has 1 aliphatic rings. The Morgan fingerprint density at radius 3 is 2.25 bits per heavy atom. The molecule has 0 N–H and O–H groups in total. The van der Waals surface area contributed by atoms with E-state index in [2.05, 4.69) is 0 Å². The minimum Gasteiger partial charge on any atom is -0.216 e. The van der Waals surface area contributed by atoms with E-state index in [-0.39, 0.29) is 0 Å². The van der Waals surface area contributed by atoms with Crippen molar-refractivity contribution in [3.63, 3.8) is 0 Å². The van der Waals surface area contributed by atoms with Crippen LogP contribution in [0.4, 0.5) is 4.48 Å². The molecule has 2 heteroatoms. The first-order chi connectivity index (χ1) is 3.72. The van der Waals surface area contributed by atoms with E-state index < -0.39 is 0 Å². The molecule has 0 aliphatic carbocycles. The average molecular weight is 115 g/mol. The highest BCUT2D eigenvalue weighted by atomic mass is 19.2. The highest BCUT2D eigenvalue weighted by molar-refractivity contribution is 5.12. The van der Waals surface area contributed by atoms with Crippen molar-refractivity contribution < 1.29 is 4.48 Å². The predicted octanol–water partition coefficient (Wildman–Crippen LogP) is 1.87. The zero-order chi connectivity index (χ0) is 6.15. The molecule has 0 amide bonds. The van der Waals surface area contributed by atoms with Crippen LogP contribution in [0.3, 0.4) is 0 Å². The lowest BCUT2D eigenvalue weighted by Gasteiger charge is -2.03. The van der Waals surface area contributed by atoms with Gasteiger partial charge in [-0.05, 0) is 25.8 Å². The molecule has 0 saturated heterocycles. The maximum atomic E-state index is 12.3. The molecule has 0 aromatic rings. The van der Waals surface area contributed by atoms with Gasteiger partial charge in [0.1, 0.15) is 0 Å². The molecule has 1 rings (SSSR count). The van der Waals surface area contributed by atoms with Crippen molar-refractivity contribution in [2.75, 3.05) is 6.54 Å². The van der Waals surface area contributed by atoms with Gasteiger partial charge >= 0.3 is 0 Å². The monoisotopic (exact) mass is 115 g/mol. The van der Waals surface area contributed by atoms with Gasteiger partial charge in [-0.3, -0.25) is 0 Å². The summed E-state index contributed by atoms with van der Waals surface area (Å²) in [6.07, 6.45) is 0.891. The first kappa shape index (κ1) is 5.60. The van der Waals surface area contributed by atoms with E-state index in [1.54, 1.807) is 0 Å². The zero-order valence-electron chi connectivity index (χ0n) is 5.24. The predicted molar refractivity (Wildman–Crippen MR) is 30.8 cm³/mol. The minimum absolute atomic E-state index is 0.553. The fourth-order valence-corrected chi connectivity index (χ4v) is 0.822. The van der Waals surface area contributed by atoms with Gasteiger partial charge < -0.3 is 0 Å². The van der Waals surface area contributed by atoms with Gasteiger partial charge in [0.15, 0.2) is 0 Å². The van der Waals surface area contributed by atoms with Crippen molar-refractivity contribution in [1.29, 1.82) is 0 Å². The standard InChI is InChI=1S/C6H10FN/c1-5-3-4-8(7)6(5)2/h3-4H2,1-2H3. The molecular weight excluding hydrogens is 105 g/mol. The second kappa shape index (κ2) is 1.77. The molecule has 46 valence electrons. The van der Waals surface area contributed by atoms with Crippen molar-refractivity contribution in [3.8, 4) is 0 Å². The number of nitrogens with zero attached hydrogens (tertiary/aromatic N) is 1. The van der Waals surface area contributed by atoms with Crippen LogP contribution in [0.5, 0.6) is 0 Å². The Kier molecular flexibility index (Phi) is 1.24. The first-order valence-electron chi connectivity index (χ1n) is 2.81. The van der Waals surface area contributed by atoms with Gasteiger partial charge in [-0.2, -0.15) is 0 Å². The van der Waals surface area contributed by atoms with Gasteiger partial charge in [0.25, 0.3) is 0 Å². The molecule has 0 atom stereocenters. The molecule has 1 heterocycles. The van der Waals surface area contributed by atoms with Gasteiger partial charge in [-0.1, -0.05) is 0 Å². The van der Waals surface area contributed by atoms with Crippen molar-refractivity contribution in [2.45, 2.75) is 20.3 Å². The summed E-state index contributed by atoms with van der Waals surface area (Å²) in [4.78, 5) is 0. The van der Waals surface area contributed by atoms with Crippen molar-refractivity contribution in [1.82, 2.24) is 5.12 Å². The molecule has 0 spiro atoms. The Hall–Kier alpha value is -0.530. The highest BCUT2D eigenvalue weighted by Gasteiger charge is 2.13. The number of rotatable bonds is 0. The van der Waals surface area contributed by atoms with Crippen LogP contribution in [0, 0.1) is 0 Å². The molecule has 0 bridgehead atoms. The van der Waals surface area contributed by atoms with Crippen molar-refractivity contribution in [2.24, 2.45) is 0 Å². The molecule has 1 nitrogen and oxygen atoms in total. The lowest BCUT2D eigenvalue weighted by atomic mass is 10.2. The maximum Gasteiger partial charge on any atom is 0.0539 e. The quantitative estimate of drug-likeness (QED) is 0.435. The molecule has 0 aromatic heterocycles. The number of hydrogen-bond acceptors (Lipinski definition) is 1. The molecule has 1 aliphatic heterocycles. The maximum absolute atomic E-state index is 12.3. The van der Waals surface area contributed by atoms with E-state index in [4.69, 9.17) is 0 Å². The lowest BCUT2D eigenvalue weighted by molar-refractivity contribution is 0.0857. The molecule has 0 radical (unpaired) electrons. The van der Waals surface area contributed by atoms with Crippen LogP contribution in [0.15, 0.2) is 11.3 Å². The summed E-state index contributed by atoms with van der Waals surface area (Å²) in [5.41, 5.74) is 1.97. The summed E-state index contributed by atoms with van der Waals surface area (Å²) < 4.78 is 12.3. The molecule has 0 unspecified atom stereocenters. The van der Waals surface area contributed by atoms with Crippen LogP contribution < -0.4 is 0 Å². The summed E-state index contributed by atoms with van der Waals surface area (Å²) in [7, 11) is 0. The molecular formula is C6H10FN. The van der Waals surface area contributed by atoms with Crippen molar-refractivity contribution in [3.05, 3.63) is 11.3 Å². The lowest BCUT2D eigenvalue weighted by Crippen LogP contribution is -2.04. The second-order valence-corrected chi connectivity index (χ2v) is 2.20. The van der Waals surface area contributed by atoms with Gasteiger partial charge in [0, 0.05) is 5.70 Å². The topological polar surface area (TPSA) is 3.24 Å². The van der Waals surface area contributed by atoms with Crippen LogP contribution in [-0.2, 0) is 0 Å². The molecule has 0 saturated carbocycles. The average Bonchev–Trinajstić information content (AvgIpc) is 1.98. The second-order valence-electron chi connectivity index (χ2n) is 2.20. The fraction of sp³-hybridized carbons (Fsp3) is 0.667. The van der Waals surface area contributed by atoms with Crippen molar-refractivity contribution >= 4 is 0 Å². The van der Waals surface area contributed by atoms with E-state index in [1.165, 1.54) is 5.57 Å². The summed E-state index contributed by atoms with van der Waals surface area (Å²) in [5.74, 6) is 0. The summed E-state index contributed by atoms with van der Waals surface area (Å²) in [6.45, 7) is 4.33. The van der Waals surface area contributed by atoms with E-state index in [0.29, 0.717) is 6.54 Å². The molecule has 0 fully saturated rings. The fourth-order valence-electron chi connectivity index (χ4n) is 0.822. The molecule has 0 aromatic carbocycles. The third-order valence-electron chi connectivity index (χ3n) is 1.66. The van der Waals surface area contributed by atoms with Crippen LogP contribution in [0.1, 0.15) is 20.3 Å². The normalized spacial score (nSPS) is 20.6. The Labute approximate surface area is 48.7 Å². The SMILES string of the molecule is CC1=C(C)N(F)CC1. The smallest absolute Gasteiger partial charge is 0.0539 e. The summed E-state index contributed by atoms with van der Waals surface area (Å²) in [5, 5.41) is 0.801. The summed E-state index contributed by atoms with van der Waals surface area (Å²) in [6, 6.07) is 0. The largest absolute Gasteiger partial charge is 0.216 e. The first-order valence-corrected chi connectivity index (χ1v) is 2.81. The number of halogens is 1. The number of allylic oxidation sites excluding steroid dienone is 1. The van der Waals surface area contributed by atoms with E-state index in [1.807, 2.05) is 13.8 Å². The van der Waals surface area contributed by atoms with Crippen LogP contribution in [0.25, 0.3) is 0 Å². The summed E-state index contributed by atoms with van der Waals surface area (Å²) >= 11 is 0. The molecule has 8 heavy (non-hydrogen) atoms. The van der Waals surface area contributed by atoms with E-state index >= 15 is 0 Å².